The van der Waals surface area contributed by atoms with Gasteiger partial charge in [-0.05, 0) is 55.5 Å². The molecule has 4 heteroatoms. The van der Waals surface area contributed by atoms with E-state index < -0.39 is 0 Å². The van der Waals surface area contributed by atoms with E-state index in [1.54, 1.807) is 0 Å². The fraction of sp³-hybridized carbons (Fsp3) is 0.400. The molecule has 0 saturated heterocycles. The van der Waals surface area contributed by atoms with E-state index in [-0.39, 0.29) is 17.4 Å². The Morgan fingerprint density at radius 3 is 2.54 bits per heavy atom. The van der Waals surface area contributed by atoms with Crippen LogP contribution in [-0.4, -0.2) is 16.4 Å². The molecule has 1 N–H and O–H groups in total. The molecule has 1 amide bonds. The summed E-state index contributed by atoms with van der Waals surface area (Å²) in [5.74, 6) is 0.672. The maximum absolute atomic E-state index is 12.6. The van der Waals surface area contributed by atoms with Crippen LogP contribution in [0.25, 0.3) is 0 Å². The van der Waals surface area contributed by atoms with Gasteiger partial charge in [0.15, 0.2) is 0 Å². The van der Waals surface area contributed by atoms with Gasteiger partial charge in [0.1, 0.15) is 0 Å². The topological polar surface area (TPSA) is 42.0 Å². The minimum atomic E-state index is 0.0708. The molecule has 6 rings (SSSR count). The summed E-state index contributed by atoms with van der Waals surface area (Å²) in [6.45, 7) is 0. The van der Waals surface area contributed by atoms with E-state index in [0.717, 1.165) is 35.8 Å². The van der Waals surface area contributed by atoms with Crippen LogP contribution >= 0.6 is 15.9 Å². The van der Waals surface area contributed by atoms with E-state index in [2.05, 4.69) is 50.5 Å². The van der Waals surface area contributed by atoms with Gasteiger partial charge in [-0.3, -0.25) is 9.78 Å². The van der Waals surface area contributed by atoms with Crippen molar-refractivity contribution in [2.45, 2.75) is 42.6 Å². The number of hydrogen-bond acceptors (Lipinski definition) is 2. The molecule has 1 aromatic carbocycles. The van der Waals surface area contributed by atoms with Crippen molar-refractivity contribution in [3.05, 3.63) is 64.4 Å². The van der Waals surface area contributed by atoms with Crippen molar-refractivity contribution >= 4 is 21.8 Å². The summed E-state index contributed by atoms with van der Waals surface area (Å²) in [4.78, 5) is 17.0. The van der Waals surface area contributed by atoms with Crippen LogP contribution in [0.5, 0.6) is 0 Å². The average molecular weight is 383 g/mol. The zero-order valence-corrected chi connectivity index (χ0v) is 14.9. The van der Waals surface area contributed by atoms with E-state index in [1.165, 1.54) is 5.56 Å². The van der Waals surface area contributed by atoms with Gasteiger partial charge in [0.25, 0.3) is 0 Å². The van der Waals surface area contributed by atoms with Gasteiger partial charge in [-0.25, -0.2) is 0 Å². The second-order valence-corrected chi connectivity index (χ2v) is 8.71. The van der Waals surface area contributed by atoms with E-state index >= 15 is 0 Å². The third-order valence-corrected chi connectivity index (χ3v) is 6.60. The third kappa shape index (κ3) is 2.16. The van der Waals surface area contributed by atoms with Crippen molar-refractivity contribution in [3.63, 3.8) is 0 Å². The number of aromatic nitrogens is 1. The van der Waals surface area contributed by atoms with Crippen molar-refractivity contribution in [2.24, 2.45) is 5.92 Å². The Morgan fingerprint density at radius 1 is 1.12 bits per heavy atom. The number of pyridine rings is 1. The molecule has 2 bridgehead atoms. The lowest BCUT2D eigenvalue weighted by Gasteiger charge is -2.71. The van der Waals surface area contributed by atoms with Crippen LogP contribution in [0.4, 0.5) is 0 Å². The van der Waals surface area contributed by atoms with E-state index in [0.29, 0.717) is 11.3 Å². The fourth-order valence-corrected chi connectivity index (χ4v) is 5.06. The minimum absolute atomic E-state index is 0.0708. The highest BCUT2D eigenvalue weighted by Gasteiger charge is 2.69. The third-order valence-electron chi connectivity index (χ3n) is 6.07. The summed E-state index contributed by atoms with van der Waals surface area (Å²) in [5, 5.41) is 3.35. The van der Waals surface area contributed by atoms with Crippen LogP contribution in [0, 0.1) is 5.92 Å². The number of amides is 1. The van der Waals surface area contributed by atoms with Gasteiger partial charge >= 0.3 is 0 Å². The van der Waals surface area contributed by atoms with Crippen molar-refractivity contribution in [1.29, 1.82) is 0 Å². The highest BCUT2D eigenvalue weighted by atomic mass is 79.9. The molecule has 2 aromatic rings. The van der Waals surface area contributed by atoms with Gasteiger partial charge in [0, 0.05) is 39.2 Å². The quantitative estimate of drug-likeness (QED) is 0.869. The highest BCUT2D eigenvalue weighted by Crippen LogP contribution is 2.68. The number of rotatable bonds is 4. The van der Waals surface area contributed by atoms with E-state index in [9.17, 15) is 4.79 Å². The fourth-order valence-electron chi connectivity index (χ4n) is 4.79. The molecule has 1 heterocycles. The zero-order chi connectivity index (χ0) is 16.4. The summed E-state index contributed by atoms with van der Waals surface area (Å²) in [5.41, 5.74) is 2.86. The second-order valence-electron chi connectivity index (χ2n) is 7.79. The largest absolute Gasteiger partial charge is 0.350 e. The standard InChI is InChI=1S/C20H19BrN2O/c21-14-6-4-13(5-7-14)19-10-20(11-19,12-19)23-18(24)16-9-15(16)17-3-1-2-8-22-17/h1-8,15-16H,9-12H2,(H,23,24). The number of carbonyl (C=O) groups is 1. The normalized spacial score (nSPS) is 35.5. The maximum atomic E-state index is 12.6. The summed E-state index contributed by atoms with van der Waals surface area (Å²) >= 11 is 3.49. The Hall–Kier alpha value is -1.68. The Labute approximate surface area is 150 Å². The monoisotopic (exact) mass is 382 g/mol. The number of hydrogen-bond donors (Lipinski definition) is 1. The summed E-state index contributed by atoms with van der Waals surface area (Å²) in [7, 11) is 0. The van der Waals surface area contributed by atoms with Gasteiger partial charge in [-0.1, -0.05) is 34.1 Å². The van der Waals surface area contributed by atoms with E-state index in [4.69, 9.17) is 0 Å². The van der Waals surface area contributed by atoms with Crippen LogP contribution in [0.2, 0.25) is 0 Å². The van der Waals surface area contributed by atoms with Crippen LogP contribution in [0.1, 0.15) is 42.9 Å². The van der Waals surface area contributed by atoms with Crippen LogP contribution in [-0.2, 0) is 10.2 Å². The predicted molar refractivity (Wildman–Crippen MR) is 95.6 cm³/mol. The molecule has 4 aliphatic carbocycles. The van der Waals surface area contributed by atoms with Crippen molar-refractivity contribution in [1.82, 2.24) is 10.3 Å². The molecule has 4 fully saturated rings. The van der Waals surface area contributed by atoms with Crippen molar-refractivity contribution in [3.8, 4) is 0 Å². The number of benzene rings is 1. The number of nitrogens with one attached hydrogen (secondary N) is 1. The summed E-state index contributed by atoms with van der Waals surface area (Å²) in [6.07, 6.45) is 6.03. The molecule has 24 heavy (non-hydrogen) atoms. The SMILES string of the molecule is O=C(NC12CC(c3ccc(Br)cc3)(C1)C2)C1CC1c1ccccn1. The first-order valence-electron chi connectivity index (χ1n) is 8.58. The predicted octanol–water partition coefficient (Wildman–Crippen LogP) is 3.94. The second kappa shape index (κ2) is 4.92. The van der Waals surface area contributed by atoms with Gasteiger partial charge < -0.3 is 5.32 Å². The molecule has 2 unspecified atom stereocenters. The number of halogens is 1. The Balaban J connectivity index is 1.20. The first-order valence-corrected chi connectivity index (χ1v) is 9.38. The Morgan fingerprint density at radius 2 is 1.88 bits per heavy atom. The lowest BCUT2D eigenvalue weighted by Crippen LogP contribution is -2.76. The van der Waals surface area contributed by atoms with Gasteiger partial charge in [-0.2, -0.15) is 0 Å². The molecular formula is C20H19BrN2O. The molecule has 3 nitrogen and oxygen atoms in total. The smallest absolute Gasteiger partial charge is 0.224 e. The molecule has 0 aliphatic heterocycles. The van der Waals surface area contributed by atoms with Crippen LogP contribution in [0.15, 0.2) is 53.1 Å². The van der Waals surface area contributed by atoms with Crippen LogP contribution in [0.3, 0.4) is 0 Å². The lowest BCUT2D eigenvalue weighted by atomic mass is 9.37. The first kappa shape index (κ1) is 14.6. The van der Waals surface area contributed by atoms with Crippen LogP contribution < -0.4 is 5.32 Å². The Bertz CT molecular complexity index is 782. The molecule has 0 radical (unpaired) electrons. The zero-order valence-electron chi connectivity index (χ0n) is 13.3. The Kier molecular flexibility index (Phi) is 3.00. The molecule has 2 atom stereocenters. The maximum Gasteiger partial charge on any atom is 0.224 e. The van der Waals surface area contributed by atoms with Gasteiger partial charge in [0.05, 0.1) is 0 Å². The molecule has 122 valence electrons. The summed E-state index contributed by atoms with van der Waals surface area (Å²) in [6, 6.07) is 14.6. The van der Waals surface area contributed by atoms with Gasteiger partial charge in [0.2, 0.25) is 5.91 Å². The molecule has 1 aromatic heterocycles. The number of carbonyl (C=O) groups excluding carboxylic acids is 1. The average Bonchev–Trinajstić information content (AvgIpc) is 3.32. The van der Waals surface area contributed by atoms with Crippen molar-refractivity contribution < 1.29 is 4.79 Å². The molecule has 4 saturated carbocycles. The van der Waals surface area contributed by atoms with Crippen molar-refractivity contribution in [2.75, 3.05) is 0 Å². The molecular weight excluding hydrogens is 364 g/mol. The van der Waals surface area contributed by atoms with E-state index in [1.807, 2.05) is 24.4 Å². The molecule has 4 aliphatic rings. The molecule has 0 spiro atoms. The number of nitrogens with zero attached hydrogens (tertiary/aromatic N) is 1. The minimum Gasteiger partial charge on any atom is -0.350 e. The first-order chi connectivity index (χ1) is 11.6. The lowest BCUT2D eigenvalue weighted by molar-refractivity contribution is -0.139. The highest BCUT2D eigenvalue weighted by molar-refractivity contribution is 9.10. The summed E-state index contributed by atoms with van der Waals surface area (Å²) < 4.78 is 1.12. The van der Waals surface area contributed by atoms with Gasteiger partial charge in [-0.15, -0.1) is 0 Å².